The Bertz CT molecular complexity index is 1050. The molecule has 3 aliphatic rings. The van der Waals surface area contributed by atoms with E-state index in [0.29, 0.717) is 24.4 Å². The highest BCUT2D eigenvalue weighted by atomic mass is 32.1. The second-order valence-electron chi connectivity index (χ2n) is 11.5. The molecular weight excluding hydrogens is 499 g/mol. The summed E-state index contributed by atoms with van der Waals surface area (Å²) >= 11 is 1.76. The molecule has 2 aromatic rings. The number of nitrogens with one attached hydrogen (secondary N) is 1. The largest absolute Gasteiger partial charge is 0.352 e. The summed E-state index contributed by atoms with van der Waals surface area (Å²) in [7, 11) is 0. The van der Waals surface area contributed by atoms with Crippen LogP contribution in [0.1, 0.15) is 79.4 Å². The van der Waals surface area contributed by atoms with Crippen LogP contribution in [-0.2, 0) is 11.3 Å². The normalized spacial score (nSPS) is 26.6. The summed E-state index contributed by atoms with van der Waals surface area (Å²) in [4.78, 5) is 32.9. The molecule has 38 heavy (non-hydrogen) atoms. The fourth-order valence-electron chi connectivity index (χ4n) is 6.52. The van der Waals surface area contributed by atoms with Crippen LogP contribution < -0.4 is 11.1 Å². The van der Waals surface area contributed by atoms with E-state index in [4.69, 9.17) is 5.73 Å². The summed E-state index contributed by atoms with van der Waals surface area (Å²) in [5.74, 6) is 0.00812. The summed E-state index contributed by atoms with van der Waals surface area (Å²) in [6, 6.07) is 9.80. The molecule has 1 aromatic heterocycles. The second kappa shape index (κ2) is 12.7. The molecule has 2 heterocycles. The van der Waals surface area contributed by atoms with Crippen LogP contribution in [0.2, 0.25) is 0 Å². The Morgan fingerprint density at radius 3 is 2.45 bits per heavy atom. The number of rotatable bonds is 8. The summed E-state index contributed by atoms with van der Waals surface area (Å²) in [5.41, 5.74) is 6.50. The first-order valence-electron chi connectivity index (χ1n) is 14.3. The van der Waals surface area contributed by atoms with Crippen LogP contribution in [0.5, 0.6) is 0 Å². The molecule has 1 aliphatic heterocycles. The zero-order valence-corrected chi connectivity index (χ0v) is 23.0. The fourth-order valence-corrected chi connectivity index (χ4v) is 7.25. The lowest BCUT2D eigenvalue weighted by atomic mass is 9.88. The number of amides is 2. The maximum absolute atomic E-state index is 13.7. The minimum absolute atomic E-state index is 0.0721. The van der Waals surface area contributed by atoms with Crippen molar-refractivity contribution < 1.29 is 14.0 Å². The Kier molecular flexibility index (Phi) is 9.12. The number of hydrogen-bond acceptors (Lipinski definition) is 5. The van der Waals surface area contributed by atoms with E-state index >= 15 is 0 Å². The van der Waals surface area contributed by atoms with Gasteiger partial charge < -0.3 is 16.0 Å². The van der Waals surface area contributed by atoms with Crippen molar-refractivity contribution >= 4 is 23.2 Å². The van der Waals surface area contributed by atoms with E-state index in [-0.39, 0.29) is 35.8 Å². The van der Waals surface area contributed by atoms with Gasteiger partial charge in [-0.05, 0) is 86.6 Å². The Balaban J connectivity index is 1.36. The highest BCUT2D eigenvalue weighted by Crippen LogP contribution is 2.31. The minimum atomic E-state index is -0.537. The summed E-state index contributed by atoms with van der Waals surface area (Å²) in [5, 5.41) is 5.36. The zero-order valence-electron chi connectivity index (χ0n) is 22.2. The van der Waals surface area contributed by atoms with Gasteiger partial charge in [0.25, 0.3) is 5.91 Å². The molecule has 1 aromatic carbocycles. The molecule has 1 saturated heterocycles. The number of likely N-dealkylation sites (tertiary alicyclic amines) is 1. The maximum atomic E-state index is 13.7. The van der Waals surface area contributed by atoms with Crippen molar-refractivity contribution in [2.75, 3.05) is 13.1 Å². The molecule has 5 rings (SSSR count). The van der Waals surface area contributed by atoms with E-state index in [9.17, 15) is 14.0 Å². The lowest BCUT2D eigenvalue weighted by molar-refractivity contribution is -0.125. The summed E-state index contributed by atoms with van der Waals surface area (Å²) < 4.78 is 13.6. The quantitative estimate of drug-likeness (QED) is 0.497. The molecule has 2 atom stereocenters. The Morgan fingerprint density at radius 1 is 1.03 bits per heavy atom. The van der Waals surface area contributed by atoms with Crippen molar-refractivity contribution in [1.82, 2.24) is 15.1 Å². The number of nitrogens with two attached hydrogens (primary N) is 1. The highest BCUT2D eigenvalue weighted by Gasteiger charge is 2.43. The Labute approximate surface area is 229 Å². The lowest BCUT2D eigenvalue weighted by Crippen LogP contribution is -2.50. The second-order valence-corrected chi connectivity index (χ2v) is 12.5. The first-order valence-corrected chi connectivity index (χ1v) is 15.2. The average molecular weight is 541 g/mol. The Morgan fingerprint density at radius 2 is 1.76 bits per heavy atom. The number of halogens is 1. The van der Waals surface area contributed by atoms with Gasteiger partial charge in [-0.2, -0.15) is 0 Å². The monoisotopic (exact) mass is 540 g/mol. The zero-order chi connectivity index (χ0) is 26.5. The van der Waals surface area contributed by atoms with E-state index in [0.717, 1.165) is 38.8 Å². The average Bonchev–Trinajstić information content (AvgIpc) is 3.61. The number of carbonyl (C=O) groups is 2. The van der Waals surface area contributed by atoms with Crippen molar-refractivity contribution in [3.8, 4) is 0 Å². The third-order valence-corrected chi connectivity index (χ3v) is 9.59. The standard InChI is InChI=1S/C30H41FN4O2S/c31-23-10-8-22(9-11-23)30(37)35-19-26(17-28(35)29(36)33-25-14-12-24(32)13-15-25)34(20-27-7-4-16-38-27)18-21-5-2-1-3-6-21/h4,7-11,16,21,24-26,28H,1-3,5-6,12-15,17-20,32H2,(H,33,36). The fraction of sp³-hybridized carbons (Fsp3) is 0.600. The van der Waals surface area contributed by atoms with Crippen molar-refractivity contribution in [2.45, 2.75) is 94.9 Å². The third-order valence-electron chi connectivity index (χ3n) is 8.72. The molecule has 2 aliphatic carbocycles. The maximum Gasteiger partial charge on any atom is 0.254 e. The van der Waals surface area contributed by atoms with Crippen LogP contribution in [0.25, 0.3) is 0 Å². The minimum Gasteiger partial charge on any atom is -0.352 e. The van der Waals surface area contributed by atoms with Crippen molar-refractivity contribution in [3.63, 3.8) is 0 Å². The summed E-state index contributed by atoms with van der Waals surface area (Å²) in [6.07, 6.45) is 10.6. The molecule has 0 spiro atoms. The van der Waals surface area contributed by atoms with Gasteiger partial charge in [0.15, 0.2) is 0 Å². The molecule has 0 radical (unpaired) electrons. The van der Waals surface area contributed by atoms with Crippen LogP contribution in [0, 0.1) is 11.7 Å². The van der Waals surface area contributed by atoms with Crippen LogP contribution >= 0.6 is 11.3 Å². The number of hydrogen-bond donors (Lipinski definition) is 2. The SMILES string of the molecule is NC1CCC(NC(=O)C2CC(N(Cc3cccs3)CC3CCCCC3)CN2C(=O)c2ccc(F)cc2)CC1. The molecule has 206 valence electrons. The van der Waals surface area contributed by atoms with E-state index in [1.165, 1.54) is 61.2 Å². The van der Waals surface area contributed by atoms with Gasteiger partial charge in [-0.15, -0.1) is 11.3 Å². The topological polar surface area (TPSA) is 78.7 Å². The number of carbonyl (C=O) groups excluding carboxylic acids is 2. The van der Waals surface area contributed by atoms with E-state index in [1.54, 1.807) is 16.2 Å². The molecule has 0 bridgehead atoms. The van der Waals surface area contributed by atoms with Crippen LogP contribution in [0.15, 0.2) is 41.8 Å². The smallest absolute Gasteiger partial charge is 0.254 e. The van der Waals surface area contributed by atoms with Gasteiger partial charge in [-0.1, -0.05) is 25.3 Å². The van der Waals surface area contributed by atoms with Crippen LogP contribution in [-0.4, -0.2) is 58.9 Å². The first-order chi connectivity index (χ1) is 18.5. The number of benzene rings is 1. The molecule has 3 N–H and O–H groups in total. The van der Waals surface area contributed by atoms with E-state index < -0.39 is 6.04 Å². The van der Waals surface area contributed by atoms with Gasteiger partial charge in [-0.25, -0.2) is 4.39 Å². The summed E-state index contributed by atoms with van der Waals surface area (Å²) in [6.45, 7) is 2.34. The van der Waals surface area contributed by atoms with Crippen molar-refractivity contribution in [1.29, 1.82) is 0 Å². The molecule has 8 heteroatoms. The van der Waals surface area contributed by atoms with Crippen LogP contribution in [0.3, 0.4) is 0 Å². The van der Waals surface area contributed by atoms with Gasteiger partial charge in [0, 0.05) is 48.2 Å². The van der Waals surface area contributed by atoms with Crippen molar-refractivity contribution in [2.24, 2.45) is 11.7 Å². The predicted molar refractivity (Wildman–Crippen MR) is 149 cm³/mol. The molecule has 2 unspecified atom stereocenters. The third kappa shape index (κ3) is 6.82. The number of nitrogens with zero attached hydrogens (tertiary/aromatic N) is 2. The van der Waals surface area contributed by atoms with Crippen molar-refractivity contribution in [3.05, 3.63) is 58.0 Å². The molecule has 3 fully saturated rings. The van der Waals surface area contributed by atoms with Gasteiger partial charge in [0.2, 0.25) is 5.91 Å². The highest BCUT2D eigenvalue weighted by molar-refractivity contribution is 7.09. The van der Waals surface area contributed by atoms with Gasteiger partial charge >= 0.3 is 0 Å². The van der Waals surface area contributed by atoms with Gasteiger partial charge in [-0.3, -0.25) is 14.5 Å². The van der Waals surface area contributed by atoms with Gasteiger partial charge in [0.05, 0.1) is 0 Å². The number of thiophene rings is 1. The predicted octanol–water partition coefficient (Wildman–Crippen LogP) is 4.94. The first kappa shape index (κ1) is 27.3. The molecular formula is C30H41FN4O2S. The molecule has 2 amide bonds. The Hall–Kier alpha value is -2.29. The lowest BCUT2D eigenvalue weighted by Gasteiger charge is -2.33. The van der Waals surface area contributed by atoms with E-state index in [1.807, 2.05) is 0 Å². The molecule has 2 saturated carbocycles. The van der Waals surface area contributed by atoms with Gasteiger partial charge in [0.1, 0.15) is 11.9 Å². The van der Waals surface area contributed by atoms with Crippen LogP contribution in [0.4, 0.5) is 4.39 Å². The molecule has 6 nitrogen and oxygen atoms in total. The van der Waals surface area contributed by atoms with E-state index in [2.05, 4.69) is 27.7 Å².